The molecule has 2 heterocycles. The van der Waals surface area contributed by atoms with E-state index in [-0.39, 0.29) is 30.2 Å². The van der Waals surface area contributed by atoms with Crippen molar-refractivity contribution in [2.24, 2.45) is 5.73 Å². The molecule has 0 aliphatic carbocycles. The van der Waals surface area contributed by atoms with Gasteiger partial charge in [-0.3, -0.25) is 0 Å². The quantitative estimate of drug-likeness (QED) is 0.751. The first-order valence-electron chi connectivity index (χ1n) is 7.83. The Hall–Kier alpha value is -1.06. The molecule has 0 saturated carbocycles. The Bertz CT molecular complexity index is 647. The van der Waals surface area contributed by atoms with Gasteiger partial charge in [-0.2, -0.15) is 4.31 Å². The number of nitrogens with two attached hydrogens (primary N) is 1. The van der Waals surface area contributed by atoms with E-state index in [0.717, 1.165) is 6.42 Å². The Morgan fingerprint density at radius 1 is 1.21 bits per heavy atom. The monoisotopic (exact) mass is 378 g/mol. The van der Waals surface area contributed by atoms with E-state index in [0.29, 0.717) is 50.6 Å². The predicted octanol–water partition coefficient (Wildman–Crippen LogP) is 1.36. The zero-order valence-electron chi connectivity index (χ0n) is 13.3. The Kier molecular flexibility index (Phi) is 6.70. The van der Waals surface area contributed by atoms with Gasteiger partial charge >= 0.3 is 0 Å². The fourth-order valence-corrected chi connectivity index (χ4v) is 4.24. The number of ether oxygens (including phenoxy) is 3. The summed E-state index contributed by atoms with van der Waals surface area (Å²) in [6.07, 6.45) is 2.35. The van der Waals surface area contributed by atoms with Crippen molar-refractivity contribution in [3.63, 3.8) is 0 Å². The lowest BCUT2D eigenvalue weighted by Gasteiger charge is -2.31. The second kappa shape index (κ2) is 8.35. The third kappa shape index (κ3) is 4.12. The van der Waals surface area contributed by atoms with Gasteiger partial charge in [0, 0.05) is 25.8 Å². The summed E-state index contributed by atoms with van der Waals surface area (Å²) in [5, 5.41) is 0. The zero-order chi connectivity index (χ0) is 16.3. The van der Waals surface area contributed by atoms with Crippen LogP contribution >= 0.6 is 12.4 Å². The molecule has 0 amide bonds. The van der Waals surface area contributed by atoms with Crippen LogP contribution in [0, 0.1) is 0 Å². The first-order valence-corrected chi connectivity index (χ1v) is 9.27. The number of piperidine rings is 1. The van der Waals surface area contributed by atoms with E-state index in [9.17, 15) is 8.42 Å². The highest BCUT2D eigenvalue weighted by Crippen LogP contribution is 2.35. The summed E-state index contributed by atoms with van der Waals surface area (Å²) in [7, 11) is -3.51. The summed E-state index contributed by atoms with van der Waals surface area (Å²) >= 11 is 0. The summed E-state index contributed by atoms with van der Waals surface area (Å²) in [5.41, 5.74) is 5.44. The highest BCUT2D eigenvalue weighted by molar-refractivity contribution is 7.89. The van der Waals surface area contributed by atoms with Crippen molar-refractivity contribution in [1.29, 1.82) is 0 Å². The summed E-state index contributed by atoms with van der Waals surface area (Å²) in [4.78, 5) is 0.240. The van der Waals surface area contributed by atoms with Gasteiger partial charge in [-0.25, -0.2) is 8.42 Å². The number of fused-ring (bicyclic) bond motifs is 1. The van der Waals surface area contributed by atoms with E-state index in [1.54, 1.807) is 12.1 Å². The number of hydrogen-bond acceptors (Lipinski definition) is 6. The van der Waals surface area contributed by atoms with Crippen LogP contribution in [0.5, 0.6) is 11.5 Å². The molecule has 1 aromatic rings. The molecule has 1 fully saturated rings. The van der Waals surface area contributed by atoms with Crippen molar-refractivity contribution in [3.8, 4) is 11.5 Å². The van der Waals surface area contributed by atoms with E-state index in [1.807, 2.05) is 0 Å². The summed E-state index contributed by atoms with van der Waals surface area (Å²) in [6, 6.07) is 4.73. The van der Waals surface area contributed by atoms with E-state index in [4.69, 9.17) is 19.9 Å². The maximum atomic E-state index is 12.7. The van der Waals surface area contributed by atoms with Crippen LogP contribution in [0.2, 0.25) is 0 Å². The van der Waals surface area contributed by atoms with Crippen molar-refractivity contribution < 1.29 is 22.6 Å². The topological polar surface area (TPSA) is 91.1 Å². The minimum absolute atomic E-state index is 0. The summed E-state index contributed by atoms with van der Waals surface area (Å²) in [6.45, 7) is 2.30. The Balaban J connectivity index is 0.00000208. The Morgan fingerprint density at radius 2 is 1.92 bits per heavy atom. The molecule has 9 heteroatoms. The van der Waals surface area contributed by atoms with E-state index >= 15 is 0 Å². The smallest absolute Gasteiger partial charge is 0.243 e. The SMILES string of the molecule is Cl.NCCCOC1CCN(S(=O)(=O)c2ccc3c(c2)OCO3)CC1. The first kappa shape index (κ1) is 19.3. The van der Waals surface area contributed by atoms with Crippen molar-refractivity contribution in [2.45, 2.75) is 30.3 Å². The number of halogens is 1. The van der Waals surface area contributed by atoms with Gasteiger partial charge in [0.25, 0.3) is 0 Å². The molecule has 3 rings (SSSR count). The normalized spacial score (nSPS) is 18.4. The van der Waals surface area contributed by atoms with Crippen LogP contribution in [0.15, 0.2) is 23.1 Å². The molecule has 7 nitrogen and oxygen atoms in total. The summed E-state index contributed by atoms with van der Waals surface area (Å²) in [5.74, 6) is 1.06. The molecule has 0 atom stereocenters. The fraction of sp³-hybridized carbons (Fsp3) is 0.600. The van der Waals surface area contributed by atoms with Gasteiger partial charge in [0.2, 0.25) is 16.8 Å². The molecule has 2 aliphatic rings. The predicted molar refractivity (Wildman–Crippen MR) is 91.2 cm³/mol. The molecule has 24 heavy (non-hydrogen) atoms. The number of nitrogens with zero attached hydrogens (tertiary/aromatic N) is 1. The highest BCUT2D eigenvalue weighted by atomic mass is 35.5. The lowest BCUT2D eigenvalue weighted by Crippen LogP contribution is -2.40. The second-order valence-electron chi connectivity index (χ2n) is 5.63. The second-order valence-corrected chi connectivity index (χ2v) is 7.57. The van der Waals surface area contributed by atoms with Crippen LogP contribution in [0.25, 0.3) is 0 Å². The Morgan fingerprint density at radius 3 is 2.62 bits per heavy atom. The molecule has 0 radical (unpaired) electrons. The summed E-state index contributed by atoms with van der Waals surface area (Å²) < 4.78 is 43.1. The third-order valence-corrected chi connectivity index (χ3v) is 5.98. The van der Waals surface area contributed by atoms with Gasteiger partial charge in [0.1, 0.15) is 0 Å². The van der Waals surface area contributed by atoms with E-state index in [2.05, 4.69) is 0 Å². The van der Waals surface area contributed by atoms with Crippen molar-refractivity contribution in [1.82, 2.24) is 4.31 Å². The fourth-order valence-electron chi connectivity index (χ4n) is 2.76. The van der Waals surface area contributed by atoms with Crippen LogP contribution in [0.3, 0.4) is 0 Å². The number of hydrogen-bond donors (Lipinski definition) is 1. The van der Waals surface area contributed by atoms with Crippen LogP contribution in [0.4, 0.5) is 0 Å². The largest absolute Gasteiger partial charge is 0.454 e. The zero-order valence-corrected chi connectivity index (χ0v) is 15.0. The minimum Gasteiger partial charge on any atom is -0.454 e. The van der Waals surface area contributed by atoms with Crippen LogP contribution < -0.4 is 15.2 Å². The molecule has 1 saturated heterocycles. The van der Waals surface area contributed by atoms with Crippen molar-refractivity contribution in [3.05, 3.63) is 18.2 Å². The molecule has 2 aliphatic heterocycles. The van der Waals surface area contributed by atoms with Crippen LogP contribution in [-0.2, 0) is 14.8 Å². The van der Waals surface area contributed by atoms with Gasteiger partial charge in [-0.05, 0) is 37.9 Å². The van der Waals surface area contributed by atoms with Gasteiger partial charge in [0.15, 0.2) is 11.5 Å². The molecule has 0 spiro atoms. The Labute approximate surface area is 148 Å². The maximum absolute atomic E-state index is 12.7. The van der Waals surface area contributed by atoms with Gasteiger partial charge in [-0.1, -0.05) is 0 Å². The molecule has 1 aromatic carbocycles. The van der Waals surface area contributed by atoms with Crippen molar-refractivity contribution in [2.75, 3.05) is 33.0 Å². The molecule has 0 unspecified atom stereocenters. The molecule has 0 aromatic heterocycles. The van der Waals surface area contributed by atoms with Crippen molar-refractivity contribution >= 4 is 22.4 Å². The van der Waals surface area contributed by atoms with Gasteiger partial charge in [0.05, 0.1) is 11.0 Å². The number of benzene rings is 1. The molecule has 136 valence electrons. The lowest BCUT2D eigenvalue weighted by atomic mass is 10.1. The first-order chi connectivity index (χ1) is 11.1. The lowest BCUT2D eigenvalue weighted by molar-refractivity contribution is 0.0209. The van der Waals surface area contributed by atoms with Crippen LogP contribution in [0.1, 0.15) is 19.3 Å². The average Bonchev–Trinajstić information content (AvgIpc) is 3.03. The van der Waals surface area contributed by atoms with Gasteiger partial charge in [-0.15, -0.1) is 12.4 Å². The molecule has 2 N–H and O–H groups in total. The molecular weight excluding hydrogens is 356 g/mol. The van der Waals surface area contributed by atoms with Crippen LogP contribution in [-0.4, -0.2) is 51.9 Å². The standard InChI is InChI=1S/C15H22N2O5S.ClH/c16-6-1-9-20-12-4-7-17(8-5-12)23(18,19)13-2-3-14-15(10-13)22-11-21-14;/h2-3,10,12H,1,4-9,11,16H2;1H. The van der Waals surface area contributed by atoms with E-state index in [1.165, 1.54) is 10.4 Å². The number of rotatable bonds is 6. The average molecular weight is 379 g/mol. The van der Waals surface area contributed by atoms with Gasteiger partial charge < -0.3 is 19.9 Å². The molecular formula is C15H23ClN2O5S. The molecule has 0 bridgehead atoms. The minimum atomic E-state index is -3.51. The number of sulfonamides is 1. The highest BCUT2D eigenvalue weighted by Gasteiger charge is 2.30. The third-order valence-electron chi connectivity index (χ3n) is 4.08. The maximum Gasteiger partial charge on any atom is 0.243 e. The van der Waals surface area contributed by atoms with E-state index < -0.39 is 10.0 Å².